The first-order valence-corrected chi connectivity index (χ1v) is 9.45. The summed E-state index contributed by atoms with van der Waals surface area (Å²) in [6.07, 6.45) is 1.52. The summed E-state index contributed by atoms with van der Waals surface area (Å²) in [6, 6.07) is 11.4. The van der Waals surface area contributed by atoms with Gasteiger partial charge in [0.25, 0.3) is 0 Å². The minimum Gasteiger partial charge on any atom is -0.378 e. The SMILES string of the molecule is CC(C(=O)Nc1ccc(Cl)cn1)N(C)Cc1ccccc1N1CCOCC1. The Kier molecular flexibility index (Phi) is 6.66. The molecule has 7 heteroatoms. The molecule has 1 unspecified atom stereocenters. The molecule has 1 aromatic heterocycles. The summed E-state index contributed by atoms with van der Waals surface area (Å²) < 4.78 is 5.46. The Labute approximate surface area is 165 Å². The highest BCUT2D eigenvalue weighted by Crippen LogP contribution is 2.23. The fourth-order valence-electron chi connectivity index (χ4n) is 3.04. The molecule has 1 aliphatic heterocycles. The summed E-state index contributed by atoms with van der Waals surface area (Å²) in [5.74, 6) is 0.398. The second-order valence-electron chi connectivity index (χ2n) is 6.67. The van der Waals surface area contributed by atoms with Crippen molar-refractivity contribution in [2.45, 2.75) is 19.5 Å². The van der Waals surface area contributed by atoms with Crippen molar-refractivity contribution in [3.05, 3.63) is 53.2 Å². The molecule has 1 amide bonds. The van der Waals surface area contributed by atoms with E-state index in [1.54, 1.807) is 12.1 Å². The van der Waals surface area contributed by atoms with Crippen LogP contribution in [-0.4, -0.2) is 55.2 Å². The largest absolute Gasteiger partial charge is 0.378 e. The summed E-state index contributed by atoms with van der Waals surface area (Å²) in [7, 11) is 1.95. The van der Waals surface area contributed by atoms with Crippen molar-refractivity contribution in [2.24, 2.45) is 0 Å². The van der Waals surface area contributed by atoms with Crippen molar-refractivity contribution >= 4 is 29.0 Å². The van der Waals surface area contributed by atoms with Gasteiger partial charge in [-0.2, -0.15) is 0 Å². The van der Waals surface area contributed by atoms with E-state index in [0.717, 1.165) is 26.3 Å². The molecule has 1 aromatic carbocycles. The van der Waals surface area contributed by atoms with Gasteiger partial charge < -0.3 is 15.0 Å². The highest BCUT2D eigenvalue weighted by Gasteiger charge is 2.21. The number of rotatable bonds is 6. The fraction of sp³-hybridized carbons (Fsp3) is 0.400. The number of nitrogens with zero attached hydrogens (tertiary/aromatic N) is 3. The number of carbonyl (C=O) groups is 1. The van der Waals surface area contributed by atoms with E-state index in [2.05, 4.69) is 33.4 Å². The quantitative estimate of drug-likeness (QED) is 0.824. The Morgan fingerprint density at radius 2 is 2.04 bits per heavy atom. The zero-order chi connectivity index (χ0) is 19.2. The first kappa shape index (κ1) is 19.6. The minimum absolute atomic E-state index is 0.101. The molecule has 3 rings (SSSR count). The van der Waals surface area contributed by atoms with Crippen LogP contribution >= 0.6 is 11.6 Å². The van der Waals surface area contributed by atoms with Gasteiger partial charge in [0.1, 0.15) is 5.82 Å². The van der Waals surface area contributed by atoms with E-state index in [9.17, 15) is 4.79 Å². The van der Waals surface area contributed by atoms with Gasteiger partial charge in [-0.15, -0.1) is 0 Å². The smallest absolute Gasteiger partial charge is 0.242 e. The number of hydrogen-bond donors (Lipinski definition) is 1. The van der Waals surface area contributed by atoms with Gasteiger partial charge in [-0.25, -0.2) is 4.98 Å². The van der Waals surface area contributed by atoms with Gasteiger partial charge >= 0.3 is 0 Å². The van der Waals surface area contributed by atoms with Crippen molar-refractivity contribution < 1.29 is 9.53 Å². The summed E-state index contributed by atoms with van der Waals surface area (Å²) >= 11 is 5.84. The van der Waals surface area contributed by atoms with E-state index in [1.807, 2.05) is 24.9 Å². The number of aromatic nitrogens is 1. The van der Waals surface area contributed by atoms with Crippen LogP contribution in [0.3, 0.4) is 0 Å². The molecule has 2 heterocycles. The average molecular weight is 389 g/mol. The molecule has 0 radical (unpaired) electrons. The van der Waals surface area contributed by atoms with Crippen molar-refractivity contribution in [2.75, 3.05) is 43.6 Å². The van der Waals surface area contributed by atoms with Crippen LogP contribution < -0.4 is 10.2 Å². The molecule has 0 spiro atoms. The Bertz CT molecular complexity index is 763. The Morgan fingerprint density at radius 3 is 2.74 bits per heavy atom. The molecule has 2 aromatic rings. The molecule has 144 valence electrons. The third-order valence-corrected chi connectivity index (χ3v) is 5.01. The number of ether oxygens (including phenoxy) is 1. The van der Waals surface area contributed by atoms with Crippen LogP contribution in [0.15, 0.2) is 42.6 Å². The molecule has 1 aliphatic rings. The molecule has 0 saturated carbocycles. The van der Waals surface area contributed by atoms with Gasteiger partial charge in [0.2, 0.25) is 5.91 Å². The maximum absolute atomic E-state index is 12.6. The maximum Gasteiger partial charge on any atom is 0.242 e. The van der Waals surface area contributed by atoms with Crippen LogP contribution in [0.4, 0.5) is 11.5 Å². The molecule has 27 heavy (non-hydrogen) atoms. The number of morpholine rings is 1. The van der Waals surface area contributed by atoms with Crippen LogP contribution in [0.2, 0.25) is 5.02 Å². The van der Waals surface area contributed by atoms with E-state index in [4.69, 9.17) is 16.3 Å². The van der Waals surface area contributed by atoms with E-state index < -0.39 is 0 Å². The van der Waals surface area contributed by atoms with Gasteiger partial charge in [-0.1, -0.05) is 29.8 Å². The third-order valence-electron chi connectivity index (χ3n) is 4.78. The van der Waals surface area contributed by atoms with Crippen LogP contribution in [-0.2, 0) is 16.1 Å². The van der Waals surface area contributed by atoms with Crippen molar-refractivity contribution in [1.29, 1.82) is 0 Å². The lowest BCUT2D eigenvalue weighted by molar-refractivity contribution is -0.120. The zero-order valence-electron chi connectivity index (χ0n) is 15.7. The number of halogens is 1. The van der Waals surface area contributed by atoms with E-state index in [0.29, 0.717) is 17.4 Å². The number of benzene rings is 1. The number of likely N-dealkylation sites (N-methyl/N-ethyl adjacent to an activating group) is 1. The standard InChI is InChI=1S/C20H25ClN4O2/c1-15(20(26)23-19-8-7-17(21)13-22-19)24(2)14-16-5-3-4-6-18(16)25-9-11-27-12-10-25/h3-8,13,15H,9-12,14H2,1-2H3,(H,22,23,26). The highest BCUT2D eigenvalue weighted by atomic mass is 35.5. The van der Waals surface area contributed by atoms with Gasteiger partial charge in [0, 0.05) is 31.5 Å². The molecular formula is C20H25ClN4O2. The number of hydrogen-bond acceptors (Lipinski definition) is 5. The monoisotopic (exact) mass is 388 g/mol. The normalized spacial score (nSPS) is 15.6. The first-order valence-electron chi connectivity index (χ1n) is 9.08. The minimum atomic E-state index is -0.305. The molecular weight excluding hydrogens is 364 g/mol. The predicted molar refractivity (Wildman–Crippen MR) is 108 cm³/mol. The topological polar surface area (TPSA) is 57.7 Å². The van der Waals surface area contributed by atoms with Gasteiger partial charge in [0.05, 0.1) is 24.3 Å². The Morgan fingerprint density at radius 1 is 1.30 bits per heavy atom. The summed E-state index contributed by atoms with van der Waals surface area (Å²) in [4.78, 5) is 21.1. The lowest BCUT2D eigenvalue weighted by Crippen LogP contribution is -2.40. The van der Waals surface area contributed by atoms with Gasteiger partial charge in [0.15, 0.2) is 0 Å². The molecule has 1 fully saturated rings. The summed E-state index contributed by atoms with van der Waals surface area (Å²) in [5, 5.41) is 3.38. The molecule has 1 atom stereocenters. The zero-order valence-corrected chi connectivity index (χ0v) is 16.4. The van der Waals surface area contributed by atoms with Crippen molar-refractivity contribution in [1.82, 2.24) is 9.88 Å². The van der Waals surface area contributed by atoms with Crippen LogP contribution in [0.25, 0.3) is 0 Å². The maximum atomic E-state index is 12.6. The molecule has 1 N–H and O–H groups in total. The van der Waals surface area contributed by atoms with Gasteiger partial charge in [-0.05, 0) is 37.7 Å². The Balaban J connectivity index is 1.64. The third kappa shape index (κ3) is 5.19. The van der Waals surface area contributed by atoms with E-state index in [-0.39, 0.29) is 11.9 Å². The van der Waals surface area contributed by atoms with Crippen molar-refractivity contribution in [3.63, 3.8) is 0 Å². The fourth-order valence-corrected chi connectivity index (χ4v) is 3.16. The summed E-state index contributed by atoms with van der Waals surface area (Å²) in [5.41, 5.74) is 2.41. The number of anilines is 2. The van der Waals surface area contributed by atoms with Crippen LogP contribution in [0, 0.1) is 0 Å². The lowest BCUT2D eigenvalue weighted by Gasteiger charge is -2.32. The second-order valence-corrected chi connectivity index (χ2v) is 7.11. The molecule has 1 saturated heterocycles. The van der Waals surface area contributed by atoms with E-state index >= 15 is 0 Å². The van der Waals surface area contributed by atoms with Crippen LogP contribution in [0.5, 0.6) is 0 Å². The number of pyridine rings is 1. The number of nitrogens with one attached hydrogen (secondary N) is 1. The van der Waals surface area contributed by atoms with Gasteiger partial charge in [-0.3, -0.25) is 9.69 Å². The lowest BCUT2D eigenvalue weighted by atomic mass is 10.1. The van der Waals surface area contributed by atoms with E-state index in [1.165, 1.54) is 17.4 Å². The van der Waals surface area contributed by atoms with Crippen LogP contribution in [0.1, 0.15) is 12.5 Å². The molecule has 6 nitrogen and oxygen atoms in total. The number of carbonyl (C=O) groups excluding carboxylic acids is 1. The predicted octanol–water partition coefficient (Wildman–Crippen LogP) is 3.03. The molecule has 0 bridgehead atoms. The average Bonchev–Trinajstić information content (AvgIpc) is 2.70. The Hall–Kier alpha value is -2.15. The molecule has 0 aliphatic carbocycles. The highest BCUT2D eigenvalue weighted by molar-refractivity contribution is 6.30. The number of amides is 1. The number of para-hydroxylation sites is 1. The second kappa shape index (κ2) is 9.17. The first-order chi connectivity index (χ1) is 13.0. The summed E-state index contributed by atoms with van der Waals surface area (Å²) in [6.45, 7) is 5.84. The van der Waals surface area contributed by atoms with Crippen molar-refractivity contribution in [3.8, 4) is 0 Å².